The monoisotopic (exact) mass is 248 g/mol. The molecular formula is C13H20N4O. The number of aromatic nitrogens is 1. The van der Waals surface area contributed by atoms with E-state index < -0.39 is 0 Å². The van der Waals surface area contributed by atoms with Crippen LogP contribution in [-0.4, -0.2) is 35.2 Å². The Morgan fingerprint density at radius 2 is 2.44 bits per heavy atom. The quantitative estimate of drug-likeness (QED) is 0.620. The summed E-state index contributed by atoms with van der Waals surface area (Å²) in [7, 11) is 0. The molecule has 2 heterocycles. The fraction of sp³-hybridized carbons (Fsp3) is 0.615. The Morgan fingerprint density at radius 3 is 3.33 bits per heavy atom. The smallest absolute Gasteiger partial charge is 0.0731 e. The summed E-state index contributed by atoms with van der Waals surface area (Å²) in [6.45, 7) is 2.74. The maximum atomic E-state index is 5.82. The Balaban J connectivity index is 1.70. The minimum atomic E-state index is 0.439. The van der Waals surface area contributed by atoms with E-state index in [4.69, 9.17) is 10.6 Å². The van der Waals surface area contributed by atoms with Gasteiger partial charge in [0.25, 0.3) is 0 Å². The molecule has 1 aromatic rings. The first kappa shape index (κ1) is 11.9. The third-order valence-electron chi connectivity index (χ3n) is 3.95. The third-order valence-corrected chi connectivity index (χ3v) is 3.95. The summed E-state index contributed by atoms with van der Waals surface area (Å²) in [5, 5.41) is 0. The number of morpholine rings is 1. The van der Waals surface area contributed by atoms with Gasteiger partial charge >= 0.3 is 0 Å². The van der Waals surface area contributed by atoms with Gasteiger partial charge < -0.3 is 10.2 Å². The molecule has 1 aliphatic heterocycles. The van der Waals surface area contributed by atoms with E-state index in [2.05, 4.69) is 15.3 Å². The molecule has 0 radical (unpaired) electrons. The molecule has 1 saturated carbocycles. The number of nitrogens with one attached hydrogen (secondary N) is 1. The zero-order valence-corrected chi connectivity index (χ0v) is 10.5. The zero-order chi connectivity index (χ0) is 12.4. The molecule has 3 N–H and O–H groups in total. The first-order chi connectivity index (χ1) is 8.86. The topological polar surface area (TPSA) is 63.4 Å². The highest BCUT2D eigenvalue weighted by Crippen LogP contribution is 2.30. The standard InChI is InChI=1S/C13H20N4O/c14-16-10-4-5-15-11(8-10)9-17-6-7-18-13-3-1-2-12(13)17/h4-5,8,12-13H,1-3,6-7,9,14H2,(H,15,16). The number of ether oxygens (including phenoxy) is 1. The Bertz CT molecular complexity index is 412. The van der Waals surface area contributed by atoms with Crippen LogP contribution in [0.2, 0.25) is 0 Å². The summed E-state index contributed by atoms with van der Waals surface area (Å²) in [6.07, 6.45) is 5.98. The van der Waals surface area contributed by atoms with Crippen molar-refractivity contribution in [1.82, 2.24) is 9.88 Å². The van der Waals surface area contributed by atoms with Crippen molar-refractivity contribution < 1.29 is 4.74 Å². The molecule has 5 heteroatoms. The SMILES string of the molecule is NNc1ccnc(CN2CCOC3CCCC32)c1. The fourth-order valence-electron chi connectivity index (χ4n) is 3.06. The van der Waals surface area contributed by atoms with E-state index in [0.29, 0.717) is 12.1 Å². The molecule has 2 fully saturated rings. The van der Waals surface area contributed by atoms with Crippen molar-refractivity contribution >= 4 is 5.69 Å². The highest BCUT2D eigenvalue weighted by atomic mass is 16.5. The Morgan fingerprint density at radius 1 is 1.50 bits per heavy atom. The normalized spacial score (nSPS) is 28.1. The van der Waals surface area contributed by atoms with E-state index in [1.165, 1.54) is 19.3 Å². The van der Waals surface area contributed by atoms with Crippen molar-refractivity contribution in [2.75, 3.05) is 18.6 Å². The van der Waals surface area contributed by atoms with Gasteiger partial charge in [0.2, 0.25) is 0 Å². The van der Waals surface area contributed by atoms with Crippen LogP contribution in [0.3, 0.4) is 0 Å². The second-order valence-corrected chi connectivity index (χ2v) is 5.06. The summed E-state index contributed by atoms with van der Waals surface area (Å²) in [5.74, 6) is 5.43. The van der Waals surface area contributed by atoms with Crippen LogP contribution < -0.4 is 11.3 Å². The number of nitrogens with zero attached hydrogens (tertiary/aromatic N) is 2. The van der Waals surface area contributed by atoms with Crippen molar-refractivity contribution in [1.29, 1.82) is 0 Å². The van der Waals surface area contributed by atoms with Gasteiger partial charge in [-0.1, -0.05) is 0 Å². The average molecular weight is 248 g/mol. The van der Waals surface area contributed by atoms with Gasteiger partial charge in [0.15, 0.2) is 0 Å². The van der Waals surface area contributed by atoms with Gasteiger partial charge in [-0.05, 0) is 31.4 Å². The summed E-state index contributed by atoms with van der Waals surface area (Å²) in [4.78, 5) is 6.92. The number of pyridine rings is 1. The number of anilines is 1. The molecule has 0 spiro atoms. The van der Waals surface area contributed by atoms with Gasteiger partial charge in [0, 0.05) is 25.3 Å². The molecule has 1 aliphatic carbocycles. The van der Waals surface area contributed by atoms with Crippen molar-refractivity contribution in [2.45, 2.75) is 38.0 Å². The molecule has 18 heavy (non-hydrogen) atoms. The van der Waals surface area contributed by atoms with Crippen molar-refractivity contribution in [2.24, 2.45) is 5.84 Å². The van der Waals surface area contributed by atoms with Crippen LogP contribution in [0.15, 0.2) is 18.3 Å². The van der Waals surface area contributed by atoms with Gasteiger partial charge in [-0.3, -0.25) is 15.7 Å². The zero-order valence-electron chi connectivity index (χ0n) is 10.5. The first-order valence-corrected chi connectivity index (χ1v) is 6.64. The minimum absolute atomic E-state index is 0.439. The molecule has 2 unspecified atom stereocenters. The van der Waals surface area contributed by atoms with E-state index in [0.717, 1.165) is 31.1 Å². The van der Waals surface area contributed by atoms with Gasteiger partial charge in [-0.25, -0.2) is 0 Å². The van der Waals surface area contributed by atoms with E-state index in [1.807, 2.05) is 12.1 Å². The maximum absolute atomic E-state index is 5.82. The van der Waals surface area contributed by atoms with Crippen molar-refractivity contribution in [3.63, 3.8) is 0 Å². The molecule has 1 aromatic heterocycles. The lowest BCUT2D eigenvalue weighted by Gasteiger charge is -2.37. The summed E-state index contributed by atoms with van der Waals surface area (Å²) in [6, 6.07) is 4.47. The molecule has 1 saturated heterocycles. The van der Waals surface area contributed by atoms with Crippen LogP contribution in [0.5, 0.6) is 0 Å². The number of hydrogen-bond donors (Lipinski definition) is 2. The second-order valence-electron chi connectivity index (χ2n) is 5.06. The Labute approximate surface area is 107 Å². The van der Waals surface area contributed by atoms with Crippen LogP contribution in [-0.2, 0) is 11.3 Å². The van der Waals surface area contributed by atoms with Crippen LogP contribution in [0.4, 0.5) is 5.69 Å². The van der Waals surface area contributed by atoms with Gasteiger partial charge in [0.1, 0.15) is 0 Å². The lowest BCUT2D eigenvalue weighted by atomic mass is 10.1. The van der Waals surface area contributed by atoms with Crippen molar-refractivity contribution in [3.05, 3.63) is 24.0 Å². The number of nitrogens with two attached hydrogens (primary N) is 1. The summed E-state index contributed by atoms with van der Waals surface area (Å²) in [5.41, 5.74) is 4.65. The molecule has 2 aliphatic rings. The highest BCUT2D eigenvalue weighted by Gasteiger charge is 2.35. The van der Waals surface area contributed by atoms with Gasteiger partial charge in [-0.2, -0.15) is 0 Å². The summed E-state index contributed by atoms with van der Waals surface area (Å²) < 4.78 is 5.82. The molecule has 3 rings (SSSR count). The molecule has 98 valence electrons. The molecule has 0 amide bonds. The lowest BCUT2D eigenvalue weighted by Crippen LogP contribution is -2.47. The lowest BCUT2D eigenvalue weighted by molar-refractivity contribution is -0.0591. The molecule has 0 aromatic carbocycles. The fourth-order valence-corrected chi connectivity index (χ4v) is 3.06. The number of rotatable bonds is 3. The highest BCUT2D eigenvalue weighted by molar-refractivity contribution is 5.41. The van der Waals surface area contributed by atoms with E-state index in [-0.39, 0.29) is 0 Å². The van der Waals surface area contributed by atoms with Crippen LogP contribution >= 0.6 is 0 Å². The van der Waals surface area contributed by atoms with Crippen LogP contribution in [0, 0.1) is 0 Å². The molecular weight excluding hydrogens is 228 g/mol. The van der Waals surface area contributed by atoms with Gasteiger partial charge in [0.05, 0.1) is 24.1 Å². The predicted molar refractivity (Wildman–Crippen MR) is 69.8 cm³/mol. The number of hydrogen-bond acceptors (Lipinski definition) is 5. The van der Waals surface area contributed by atoms with Crippen LogP contribution in [0.1, 0.15) is 25.0 Å². The predicted octanol–water partition coefficient (Wildman–Crippen LogP) is 1.12. The van der Waals surface area contributed by atoms with Gasteiger partial charge in [-0.15, -0.1) is 0 Å². The van der Waals surface area contributed by atoms with Crippen molar-refractivity contribution in [3.8, 4) is 0 Å². The number of hydrazine groups is 1. The average Bonchev–Trinajstić information content (AvgIpc) is 2.88. The third kappa shape index (κ3) is 2.34. The van der Waals surface area contributed by atoms with E-state index in [9.17, 15) is 0 Å². The van der Waals surface area contributed by atoms with E-state index >= 15 is 0 Å². The second kappa shape index (κ2) is 5.22. The van der Waals surface area contributed by atoms with E-state index in [1.54, 1.807) is 6.20 Å². The number of fused-ring (bicyclic) bond motifs is 1. The maximum Gasteiger partial charge on any atom is 0.0731 e. The minimum Gasteiger partial charge on any atom is -0.375 e. The summed E-state index contributed by atoms with van der Waals surface area (Å²) >= 11 is 0. The molecule has 5 nitrogen and oxygen atoms in total. The molecule has 2 atom stereocenters. The molecule has 0 bridgehead atoms. The van der Waals surface area contributed by atoms with Crippen LogP contribution in [0.25, 0.3) is 0 Å². The Hall–Kier alpha value is -1.17. The number of nitrogen functional groups attached to an aromatic ring is 1. The first-order valence-electron chi connectivity index (χ1n) is 6.64. The largest absolute Gasteiger partial charge is 0.375 e. The Kier molecular flexibility index (Phi) is 3.45.